The minimum atomic E-state index is -1.03. The molecule has 0 aliphatic carbocycles. The number of carbonyl (C=O) groups excluding carboxylic acids is 5. The first-order valence-electron chi connectivity index (χ1n) is 15.8. The standard InChI is InChI=1S/C34H43N5O7S/c1-19(2)16-24(37-33(44)29(20(3)4)39-28(40)18-46-26-12-8-7-11-25(26)45-5)32(43)36-23(17-21-14-15-35-31(21)42)30(41)34-38-22-10-6-9-13-27(22)47-34/h6-13,19-21,23-24,29H,14-18H2,1-5H3,(H,35,42)(H,36,43)(H,37,44)(H,39,40)/t21-,23-,24-,29-/m0/s1. The van der Waals surface area contributed by atoms with Crippen molar-refractivity contribution in [1.82, 2.24) is 26.3 Å². The van der Waals surface area contributed by atoms with Gasteiger partial charge in [0.2, 0.25) is 23.5 Å². The minimum absolute atomic E-state index is 0.00594. The molecule has 0 saturated carbocycles. The molecule has 47 heavy (non-hydrogen) atoms. The fourth-order valence-electron chi connectivity index (χ4n) is 5.38. The summed E-state index contributed by atoms with van der Waals surface area (Å²) in [6, 6.07) is 11.3. The number of Topliss-reactive ketones (excluding diaryl/α,β-unsaturated/α-hetero) is 1. The lowest BCUT2D eigenvalue weighted by molar-refractivity contribution is -0.134. The Morgan fingerprint density at radius 3 is 2.26 bits per heavy atom. The second-order valence-electron chi connectivity index (χ2n) is 12.3. The maximum absolute atomic E-state index is 13.8. The number of methoxy groups -OCH3 is 1. The molecule has 1 saturated heterocycles. The molecule has 4 amide bonds. The first-order chi connectivity index (χ1) is 22.5. The lowest BCUT2D eigenvalue weighted by atomic mass is 9.94. The third-order valence-corrected chi connectivity index (χ3v) is 8.91. The number of ketones is 1. The van der Waals surface area contributed by atoms with Gasteiger partial charge in [0.15, 0.2) is 23.1 Å². The van der Waals surface area contributed by atoms with E-state index in [0.717, 1.165) is 4.70 Å². The summed E-state index contributed by atoms with van der Waals surface area (Å²) < 4.78 is 11.7. The van der Waals surface area contributed by atoms with Crippen LogP contribution in [0.1, 0.15) is 56.8 Å². The zero-order valence-corrected chi connectivity index (χ0v) is 28.1. The highest BCUT2D eigenvalue weighted by molar-refractivity contribution is 7.20. The Balaban J connectivity index is 1.47. The van der Waals surface area contributed by atoms with Crippen molar-refractivity contribution in [3.63, 3.8) is 0 Å². The van der Waals surface area contributed by atoms with Crippen LogP contribution < -0.4 is 30.7 Å². The van der Waals surface area contributed by atoms with Gasteiger partial charge < -0.3 is 30.7 Å². The number of hydrogen-bond donors (Lipinski definition) is 4. The number of nitrogens with zero attached hydrogens (tertiary/aromatic N) is 1. The van der Waals surface area contributed by atoms with Crippen LogP contribution in [0.5, 0.6) is 11.5 Å². The number of para-hydroxylation sites is 3. The Bertz CT molecular complexity index is 1560. The molecule has 4 atom stereocenters. The van der Waals surface area contributed by atoms with Crippen LogP contribution >= 0.6 is 11.3 Å². The summed E-state index contributed by atoms with van der Waals surface area (Å²) in [4.78, 5) is 70.9. The highest BCUT2D eigenvalue weighted by atomic mass is 32.1. The number of amides is 4. The van der Waals surface area contributed by atoms with Gasteiger partial charge in [-0.25, -0.2) is 4.98 Å². The van der Waals surface area contributed by atoms with Crippen LogP contribution in [-0.2, 0) is 19.2 Å². The number of hydrogen-bond acceptors (Lipinski definition) is 9. The van der Waals surface area contributed by atoms with Gasteiger partial charge in [0.05, 0.1) is 23.4 Å². The summed E-state index contributed by atoms with van der Waals surface area (Å²) in [6.07, 6.45) is 0.922. The van der Waals surface area contributed by atoms with Gasteiger partial charge in [0.1, 0.15) is 12.1 Å². The first-order valence-corrected chi connectivity index (χ1v) is 16.6. The van der Waals surface area contributed by atoms with E-state index in [2.05, 4.69) is 26.3 Å². The lowest BCUT2D eigenvalue weighted by Gasteiger charge is -2.27. The maximum atomic E-state index is 13.8. The van der Waals surface area contributed by atoms with Gasteiger partial charge in [-0.2, -0.15) is 0 Å². The molecule has 0 radical (unpaired) electrons. The number of fused-ring (bicyclic) bond motifs is 1. The smallest absolute Gasteiger partial charge is 0.258 e. The summed E-state index contributed by atoms with van der Waals surface area (Å²) in [5.41, 5.74) is 0.671. The Morgan fingerprint density at radius 2 is 1.62 bits per heavy atom. The van der Waals surface area contributed by atoms with Crippen LogP contribution in [0, 0.1) is 17.8 Å². The van der Waals surface area contributed by atoms with E-state index in [4.69, 9.17) is 9.47 Å². The van der Waals surface area contributed by atoms with Crippen molar-refractivity contribution in [3.8, 4) is 11.5 Å². The minimum Gasteiger partial charge on any atom is -0.493 e. The van der Waals surface area contributed by atoms with Crippen molar-refractivity contribution in [2.45, 2.75) is 65.1 Å². The van der Waals surface area contributed by atoms with Crippen molar-refractivity contribution in [1.29, 1.82) is 0 Å². The zero-order chi connectivity index (χ0) is 34.1. The quantitative estimate of drug-likeness (QED) is 0.169. The molecule has 3 aromatic rings. The van der Waals surface area contributed by atoms with Gasteiger partial charge in [0.25, 0.3) is 5.91 Å². The Morgan fingerprint density at radius 1 is 0.936 bits per heavy atom. The molecule has 4 N–H and O–H groups in total. The number of rotatable bonds is 16. The van der Waals surface area contributed by atoms with Crippen molar-refractivity contribution in [2.24, 2.45) is 17.8 Å². The molecule has 1 aliphatic heterocycles. The molecule has 4 rings (SSSR count). The number of ether oxygens (including phenoxy) is 2. The number of thiazole rings is 1. The topological polar surface area (TPSA) is 165 Å². The van der Waals surface area contributed by atoms with Gasteiger partial charge in [-0.3, -0.25) is 24.0 Å². The second-order valence-corrected chi connectivity index (χ2v) is 13.4. The molecule has 0 unspecified atom stereocenters. The molecule has 12 nitrogen and oxygen atoms in total. The summed E-state index contributed by atoms with van der Waals surface area (Å²) in [5.74, 6) is -2.09. The number of aromatic nitrogens is 1. The van der Waals surface area contributed by atoms with Crippen LogP contribution in [0.4, 0.5) is 0 Å². The molecule has 13 heteroatoms. The SMILES string of the molecule is COc1ccccc1OCC(=O)N[C@H](C(=O)N[C@@H](CC(C)C)C(=O)N[C@@H](C[C@@H]1CCNC1=O)C(=O)c1nc2ccccc2s1)C(C)C. The van der Waals surface area contributed by atoms with Gasteiger partial charge in [-0.15, -0.1) is 11.3 Å². The van der Waals surface area contributed by atoms with E-state index in [-0.39, 0.29) is 42.2 Å². The average molecular weight is 666 g/mol. The molecule has 1 fully saturated rings. The van der Waals surface area contributed by atoms with Crippen LogP contribution in [-0.4, -0.2) is 72.8 Å². The van der Waals surface area contributed by atoms with Crippen LogP contribution in [0.2, 0.25) is 0 Å². The maximum Gasteiger partial charge on any atom is 0.258 e. The van der Waals surface area contributed by atoms with E-state index in [1.807, 2.05) is 38.1 Å². The fraction of sp³-hybridized carbons (Fsp3) is 0.471. The van der Waals surface area contributed by atoms with Gasteiger partial charge >= 0.3 is 0 Å². The van der Waals surface area contributed by atoms with E-state index in [9.17, 15) is 24.0 Å². The molecule has 2 aromatic carbocycles. The largest absolute Gasteiger partial charge is 0.493 e. The normalized spacial score (nSPS) is 16.3. The van der Waals surface area contributed by atoms with Crippen LogP contribution in [0.25, 0.3) is 10.2 Å². The van der Waals surface area contributed by atoms with Gasteiger partial charge in [-0.1, -0.05) is 52.0 Å². The van der Waals surface area contributed by atoms with Crippen molar-refractivity contribution >= 4 is 51.0 Å². The monoisotopic (exact) mass is 665 g/mol. The molecule has 252 valence electrons. The lowest BCUT2D eigenvalue weighted by Crippen LogP contribution is -2.57. The molecule has 2 heterocycles. The molecular formula is C34H43N5O7S. The molecule has 0 bridgehead atoms. The fourth-order valence-corrected chi connectivity index (χ4v) is 6.34. The van der Waals surface area contributed by atoms with Crippen molar-refractivity contribution in [2.75, 3.05) is 20.3 Å². The number of carbonyl (C=O) groups is 5. The first kappa shape index (κ1) is 35.3. The predicted molar refractivity (Wildman–Crippen MR) is 178 cm³/mol. The third-order valence-electron chi connectivity index (χ3n) is 7.85. The highest BCUT2D eigenvalue weighted by Crippen LogP contribution is 2.26. The average Bonchev–Trinajstić information content (AvgIpc) is 3.66. The van der Waals surface area contributed by atoms with Gasteiger partial charge in [0, 0.05) is 12.5 Å². The molecule has 1 aromatic heterocycles. The van der Waals surface area contributed by atoms with E-state index in [0.29, 0.717) is 30.0 Å². The van der Waals surface area contributed by atoms with Crippen molar-refractivity contribution < 1.29 is 33.4 Å². The molecule has 0 spiro atoms. The zero-order valence-electron chi connectivity index (χ0n) is 27.3. The number of nitrogens with one attached hydrogen (secondary N) is 4. The summed E-state index contributed by atoms with van der Waals surface area (Å²) in [5, 5.41) is 11.4. The Labute approximate surface area is 278 Å². The van der Waals surface area contributed by atoms with E-state index < -0.39 is 47.5 Å². The summed E-state index contributed by atoms with van der Waals surface area (Å²) in [6.45, 7) is 7.53. The Kier molecular flexibility index (Phi) is 12.3. The van der Waals surface area contributed by atoms with E-state index in [1.54, 1.807) is 38.1 Å². The summed E-state index contributed by atoms with van der Waals surface area (Å²) in [7, 11) is 1.50. The van der Waals surface area contributed by atoms with Crippen molar-refractivity contribution in [3.05, 3.63) is 53.5 Å². The van der Waals surface area contributed by atoms with E-state index >= 15 is 0 Å². The Hall–Kier alpha value is -4.52. The third kappa shape index (κ3) is 9.50. The number of benzene rings is 2. The van der Waals surface area contributed by atoms with Crippen LogP contribution in [0.3, 0.4) is 0 Å². The second kappa shape index (κ2) is 16.3. The predicted octanol–water partition coefficient (Wildman–Crippen LogP) is 3.25. The van der Waals surface area contributed by atoms with Crippen LogP contribution in [0.15, 0.2) is 48.5 Å². The highest BCUT2D eigenvalue weighted by Gasteiger charge is 2.36. The van der Waals surface area contributed by atoms with E-state index in [1.165, 1.54) is 18.4 Å². The summed E-state index contributed by atoms with van der Waals surface area (Å²) >= 11 is 1.23. The molecular weight excluding hydrogens is 622 g/mol. The molecule has 1 aliphatic rings. The van der Waals surface area contributed by atoms with Gasteiger partial charge in [-0.05, 0) is 55.4 Å².